The highest BCUT2D eigenvalue weighted by Crippen LogP contribution is 2.33. The van der Waals surface area contributed by atoms with E-state index in [1.165, 1.54) is 6.92 Å². The van der Waals surface area contributed by atoms with Crippen LogP contribution in [-0.4, -0.2) is 25.8 Å². The van der Waals surface area contributed by atoms with Crippen molar-refractivity contribution < 1.29 is 19.0 Å². The van der Waals surface area contributed by atoms with Crippen LogP contribution in [0.1, 0.15) is 24.1 Å². The van der Waals surface area contributed by atoms with Gasteiger partial charge in [-0.05, 0) is 42.0 Å². The molecule has 1 unspecified atom stereocenters. The van der Waals surface area contributed by atoms with Crippen LogP contribution >= 0.6 is 0 Å². The van der Waals surface area contributed by atoms with Gasteiger partial charge in [0.05, 0.1) is 17.7 Å². The fraction of sp³-hybridized carbons (Fsp3) is 0.263. The second-order valence-electron chi connectivity index (χ2n) is 5.59. The third-order valence-corrected chi connectivity index (χ3v) is 3.78. The molecule has 25 heavy (non-hydrogen) atoms. The van der Waals surface area contributed by atoms with E-state index < -0.39 is 0 Å². The fourth-order valence-electron chi connectivity index (χ4n) is 2.54. The van der Waals surface area contributed by atoms with E-state index in [1.54, 1.807) is 12.1 Å². The van der Waals surface area contributed by atoms with Gasteiger partial charge in [-0.2, -0.15) is 5.26 Å². The zero-order chi connectivity index (χ0) is 17.6. The van der Waals surface area contributed by atoms with Gasteiger partial charge in [-0.25, -0.2) is 0 Å². The molecule has 0 bridgehead atoms. The molecule has 0 aliphatic carbocycles. The highest BCUT2D eigenvalue weighted by molar-refractivity contribution is 5.66. The van der Waals surface area contributed by atoms with Crippen molar-refractivity contribution in [3.8, 4) is 17.6 Å². The Bertz CT molecular complexity index is 796. The molecule has 1 heterocycles. The summed E-state index contributed by atoms with van der Waals surface area (Å²) in [4.78, 5) is 11.2. The lowest BCUT2D eigenvalue weighted by Crippen LogP contribution is -2.20. The normalized spacial score (nSPS) is 13.4. The van der Waals surface area contributed by atoms with Crippen molar-refractivity contribution in [2.24, 2.45) is 0 Å². The summed E-state index contributed by atoms with van der Waals surface area (Å²) in [6.45, 7) is 2.60. The molecule has 0 saturated carbocycles. The molecule has 0 amide bonds. The van der Waals surface area contributed by atoms with Gasteiger partial charge in [0, 0.05) is 12.6 Å². The van der Waals surface area contributed by atoms with Gasteiger partial charge < -0.3 is 19.5 Å². The number of nitrogens with one attached hydrogen (secondary N) is 1. The first-order chi connectivity index (χ1) is 12.2. The number of benzene rings is 2. The van der Waals surface area contributed by atoms with Crippen molar-refractivity contribution >= 4 is 11.7 Å². The third kappa shape index (κ3) is 4.21. The Kier molecular flexibility index (Phi) is 5.05. The predicted octanol–water partition coefficient (Wildman–Crippen LogP) is 3.05. The first kappa shape index (κ1) is 16.7. The van der Waals surface area contributed by atoms with Crippen LogP contribution in [0.4, 0.5) is 5.69 Å². The number of esters is 1. The van der Waals surface area contributed by atoms with E-state index in [0.717, 1.165) is 11.3 Å². The van der Waals surface area contributed by atoms with E-state index >= 15 is 0 Å². The predicted molar refractivity (Wildman–Crippen MR) is 91.6 cm³/mol. The minimum absolute atomic E-state index is 0.176. The van der Waals surface area contributed by atoms with Crippen molar-refractivity contribution in [3.63, 3.8) is 0 Å². The van der Waals surface area contributed by atoms with Crippen LogP contribution in [0.2, 0.25) is 0 Å². The van der Waals surface area contributed by atoms with Gasteiger partial charge in [-0.3, -0.25) is 4.79 Å². The van der Waals surface area contributed by atoms with E-state index in [-0.39, 0.29) is 18.6 Å². The molecule has 1 aliphatic rings. The molecule has 1 aliphatic heterocycles. The number of rotatable bonds is 5. The smallest absolute Gasteiger partial charge is 0.302 e. The van der Waals surface area contributed by atoms with E-state index in [0.29, 0.717) is 30.3 Å². The zero-order valence-electron chi connectivity index (χ0n) is 13.8. The highest BCUT2D eigenvalue weighted by atomic mass is 16.6. The summed E-state index contributed by atoms with van der Waals surface area (Å²) >= 11 is 0. The minimum atomic E-state index is -0.343. The molecule has 0 fully saturated rings. The number of nitrogens with zero attached hydrogens (tertiary/aromatic N) is 1. The molecular formula is C19H18N2O4. The molecule has 0 radical (unpaired) electrons. The summed E-state index contributed by atoms with van der Waals surface area (Å²) in [5, 5.41) is 12.2. The van der Waals surface area contributed by atoms with Gasteiger partial charge >= 0.3 is 5.97 Å². The van der Waals surface area contributed by atoms with Crippen molar-refractivity contribution in [1.82, 2.24) is 0 Å². The molecule has 0 aromatic heterocycles. The quantitative estimate of drug-likeness (QED) is 0.844. The van der Waals surface area contributed by atoms with Gasteiger partial charge in [-0.15, -0.1) is 0 Å². The topological polar surface area (TPSA) is 80.6 Å². The van der Waals surface area contributed by atoms with E-state index in [9.17, 15) is 4.79 Å². The molecule has 1 atom stereocenters. The largest absolute Gasteiger partial charge is 0.486 e. The maximum Gasteiger partial charge on any atom is 0.302 e. The van der Waals surface area contributed by atoms with Gasteiger partial charge in [0.1, 0.15) is 19.8 Å². The molecule has 0 saturated heterocycles. The maximum absolute atomic E-state index is 11.2. The Balaban J connectivity index is 1.83. The zero-order valence-corrected chi connectivity index (χ0v) is 13.8. The fourth-order valence-corrected chi connectivity index (χ4v) is 2.54. The summed E-state index contributed by atoms with van der Waals surface area (Å²) < 4.78 is 16.4. The molecular weight excluding hydrogens is 320 g/mol. The molecule has 6 heteroatoms. The molecule has 3 rings (SSSR count). The van der Waals surface area contributed by atoms with Crippen LogP contribution in [0.15, 0.2) is 42.5 Å². The average molecular weight is 338 g/mol. The average Bonchev–Trinajstić information content (AvgIpc) is 2.65. The first-order valence-corrected chi connectivity index (χ1v) is 7.95. The molecule has 1 N–H and O–H groups in total. The lowest BCUT2D eigenvalue weighted by Gasteiger charge is -2.23. The van der Waals surface area contributed by atoms with Crippen LogP contribution in [-0.2, 0) is 9.53 Å². The van der Waals surface area contributed by atoms with Gasteiger partial charge in [0.25, 0.3) is 0 Å². The summed E-state index contributed by atoms with van der Waals surface area (Å²) in [5.41, 5.74) is 2.32. The number of carbonyl (C=O) groups is 1. The van der Waals surface area contributed by atoms with Crippen LogP contribution in [0.25, 0.3) is 0 Å². The van der Waals surface area contributed by atoms with Gasteiger partial charge in [0.2, 0.25) is 0 Å². The van der Waals surface area contributed by atoms with Crippen molar-refractivity contribution in [3.05, 3.63) is 53.6 Å². The van der Waals surface area contributed by atoms with Crippen LogP contribution < -0.4 is 14.8 Å². The van der Waals surface area contributed by atoms with E-state index in [1.807, 2.05) is 30.3 Å². The van der Waals surface area contributed by atoms with Crippen LogP contribution in [0.3, 0.4) is 0 Å². The monoisotopic (exact) mass is 338 g/mol. The number of hydrogen-bond acceptors (Lipinski definition) is 6. The summed E-state index contributed by atoms with van der Waals surface area (Å²) in [6, 6.07) is 14.6. The van der Waals surface area contributed by atoms with E-state index in [4.69, 9.17) is 19.5 Å². The summed E-state index contributed by atoms with van der Waals surface area (Å²) in [6.07, 6.45) is 0. The maximum atomic E-state index is 11.2. The number of anilines is 1. The number of fused-ring (bicyclic) bond motifs is 1. The van der Waals surface area contributed by atoms with Crippen molar-refractivity contribution in [1.29, 1.82) is 5.26 Å². The Hall–Kier alpha value is -3.20. The number of ether oxygens (including phenoxy) is 3. The van der Waals surface area contributed by atoms with Gasteiger partial charge in [0.15, 0.2) is 11.5 Å². The molecule has 0 spiro atoms. The number of hydrogen-bond donors (Lipinski definition) is 1. The Morgan fingerprint density at radius 3 is 2.60 bits per heavy atom. The Morgan fingerprint density at radius 1 is 1.20 bits per heavy atom. The van der Waals surface area contributed by atoms with Crippen molar-refractivity contribution in [2.75, 3.05) is 25.1 Å². The number of nitriles is 1. The molecule has 128 valence electrons. The second-order valence-corrected chi connectivity index (χ2v) is 5.59. The third-order valence-electron chi connectivity index (χ3n) is 3.78. The molecule has 6 nitrogen and oxygen atoms in total. The summed E-state index contributed by atoms with van der Waals surface area (Å²) in [5.74, 6) is 1.04. The SMILES string of the molecule is CC(=O)OCC(Nc1ccc(C#N)cc1)c1ccc2c(c1)OCCO2. The summed E-state index contributed by atoms with van der Waals surface area (Å²) in [7, 11) is 0. The highest BCUT2D eigenvalue weighted by Gasteiger charge is 2.18. The lowest BCUT2D eigenvalue weighted by atomic mass is 10.1. The molecule has 2 aromatic carbocycles. The van der Waals surface area contributed by atoms with E-state index in [2.05, 4.69) is 11.4 Å². The lowest BCUT2D eigenvalue weighted by molar-refractivity contribution is -0.141. The van der Waals surface area contributed by atoms with Crippen LogP contribution in [0.5, 0.6) is 11.5 Å². The van der Waals surface area contributed by atoms with Crippen molar-refractivity contribution in [2.45, 2.75) is 13.0 Å². The standard InChI is InChI=1S/C19H18N2O4/c1-13(22)25-12-17(21-16-5-2-14(11-20)3-6-16)15-4-7-18-19(10-15)24-9-8-23-18/h2-7,10,17,21H,8-9,12H2,1H3. The second kappa shape index (κ2) is 7.58. The molecule has 2 aromatic rings. The Morgan fingerprint density at radius 2 is 1.92 bits per heavy atom. The number of carbonyl (C=O) groups excluding carboxylic acids is 1. The first-order valence-electron chi connectivity index (χ1n) is 7.95. The minimum Gasteiger partial charge on any atom is -0.486 e. The Labute approximate surface area is 145 Å². The van der Waals surface area contributed by atoms with Crippen LogP contribution in [0, 0.1) is 11.3 Å². The van der Waals surface area contributed by atoms with Gasteiger partial charge in [-0.1, -0.05) is 6.07 Å².